The van der Waals surface area contributed by atoms with Crippen LogP contribution in [0.4, 0.5) is 0 Å². The Morgan fingerprint density at radius 3 is 1.75 bits per heavy atom. The SMILES string of the molecule is [Ti].c1c[nH]c([CH-]c2ccc[nH]2)c1. The van der Waals surface area contributed by atoms with E-state index in [0.717, 1.165) is 11.4 Å². The van der Waals surface area contributed by atoms with Gasteiger partial charge in [0.25, 0.3) is 0 Å². The first-order chi connectivity index (χ1) is 5.45. The predicted molar refractivity (Wildman–Crippen MR) is 44.1 cm³/mol. The van der Waals surface area contributed by atoms with Crippen molar-refractivity contribution in [2.24, 2.45) is 0 Å². The van der Waals surface area contributed by atoms with Crippen molar-refractivity contribution in [3.8, 4) is 0 Å². The average Bonchev–Trinajstić information content (AvgIpc) is 2.60. The van der Waals surface area contributed by atoms with Gasteiger partial charge in [-0.15, -0.1) is 18.6 Å². The normalized spacial score (nSPS) is 9.00. The molecule has 0 aliphatic rings. The Balaban J connectivity index is 0.000000720. The summed E-state index contributed by atoms with van der Waals surface area (Å²) in [6.45, 7) is 0. The van der Waals surface area contributed by atoms with Gasteiger partial charge in [0.1, 0.15) is 0 Å². The van der Waals surface area contributed by atoms with Crippen LogP contribution in [-0.4, -0.2) is 9.97 Å². The first-order valence-corrected chi connectivity index (χ1v) is 3.57. The molecule has 0 atom stereocenters. The Bertz CT molecular complexity index is 265. The van der Waals surface area contributed by atoms with Crippen molar-refractivity contribution in [1.82, 2.24) is 9.97 Å². The summed E-state index contributed by atoms with van der Waals surface area (Å²) in [5.74, 6) is 0. The maximum Gasteiger partial charge on any atom is 0 e. The number of rotatable bonds is 2. The van der Waals surface area contributed by atoms with Gasteiger partial charge in [-0.3, -0.25) is 0 Å². The van der Waals surface area contributed by atoms with Crippen LogP contribution in [0, 0.1) is 6.42 Å². The molecule has 2 aromatic rings. The summed E-state index contributed by atoms with van der Waals surface area (Å²) in [5.41, 5.74) is 2.24. The minimum absolute atomic E-state index is 0. The van der Waals surface area contributed by atoms with Gasteiger partial charge in [-0.25, -0.2) is 0 Å². The van der Waals surface area contributed by atoms with E-state index in [1.54, 1.807) is 0 Å². The van der Waals surface area contributed by atoms with Crippen molar-refractivity contribution in [1.29, 1.82) is 0 Å². The second-order valence-electron chi connectivity index (χ2n) is 2.40. The molecule has 0 aliphatic heterocycles. The monoisotopic (exact) mass is 193 g/mol. The molecular weight excluding hydrogens is 184 g/mol. The zero-order valence-electron chi connectivity index (χ0n) is 6.54. The molecule has 12 heavy (non-hydrogen) atoms. The van der Waals surface area contributed by atoms with Crippen molar-refractivity contribution in [3.05, 3.63) is 54.5 Å². The molecule has 2 nitrogen and oxygen atoms in total. The van der Waals surface area contributed by atoms with Gasteiger partial charge < -0.3 is 9.97 Å². The van der Waals surface area contributed by atoms with Crippen molar-refractivity contribution in [2.45, 2.75) is 0 Å². The molecule has 60 valence electrons. The summed E-state index contributed by atoms with van der Waals surface area (Å²) in [7, 11) is 0. The molecule has 0 radical (unpaired) electrons. The summed E-state index contributed by atoms with van der Waals surface area (Å²) >= 11 is 0. The average molecular weight is 193 g/mol. The standard InChI is InChI=1S/C9H9N2.Ti/c1-3-8(10-5-1)7-9-4-2-6-11-9;/h1-7,10-11H;/q-1;. The molecule has 0 bridgehead atoms. The topological polar surface area (TPSA) is 31.6 Å². The Labute approximate surface area is 86.3 Å². The summed E-state index contributed by atoms with van der Waals surface area (Å²) in [6, 6.07) is 8.02. The minimum atomic E-state index is 0. The van der Waals surface area contributed by atoms with Crippen LogP contribution in [0.25, 0.3) is 0 Å². The van der Waals surface area contributed by atoms with E-state index in [9.17, 15) is 0 Å². The third kappa shape index (κ3) is 2.06. The Kier molecular flexibility index (Phi) is 3.26. The first-order valence-electron chi connectivity index (χ1n) is 3.57. The fourth-order valence-corrected chi connectivity index (χ4v) is 1.04. The van der Waals surface area contributed by atoms with Gasteiger partial charge in [0.15, 0.2) is 0 Å². The molecule has 2 rings (SSSR count). The van der Waals surface area contributed by atoms with Crippen molar-refractivity contribution in [2.75, 3.05) is 0 Å². The van der Waals surface area contributed by atoms with Crippen LogP contribution in [0.2, 0.25) is 0 Å². The molecule has 2 N–H and O–H groups in total. The molecule has 0 saturated heterocycles. The minimum Gasteiger partial charge on any atom is -0.385 e. The van der Waals surface area contributed by atoms with Gasteiger partial charge in [0.05, 0.1) is 0 Å². The molecular formula is C9H9N2Ti-. The number of aromatic nitrogens is 2. The number of nitrogens with one attached hydrogen (secondary N) is 2. The van der Waals surface area contributed by atoms with Crippen LogP contribution in [0.5, 0.6) is 0 Å². The zero-order chi connectivity index (χ0) is 7.52. The molecule has 0 unspecified atom stereocenters. The van der Waals surface area contributed by atoms with E-state index in [4.69, 9.17) is 0 Å². The van der Waals surface area contributed by atoms with E-state index in [1.807, 2.05) is 36.7 Å². The van der Waals surface area contributed by atoms with E-state index in [-0.39, 0.29) is 21.7 Å². The second kappa shape index (κ2) is 4.24. The van der Waals surface area contributed by atoms with Gasteiger partial charge in [-0.2, -0.15) is 0 Å². The van der Waals surface area contributed by atoms with Gasteiger partial charge in [0, 0.05) is 21.7 Å². The van der Waals surface area contributed by atoms with Crippen LogP contribution < -0.4 is 0 Å². The van der Waals surface area contributed by atoms with E-state index in [0.29, 0.717) is 0 Å². The Morgan fingerprint density at radius 1 is 0.917 bits per heavy atom. The summed E-state index contributed by atoms with van der Waals surface area (Å²) in [4.78, 5) is 6.20. The van der Waals surface area contributed by atoms with E-state index in [2.05, 4.69) is 16.4 Å². The molecule has 2 aromatic heterocycles. The van der Waals surface area contributed by atoms with E-state index >= 15 is 0 Å². The van der Waals surface area contributed by atoms with Crippen molar-refractivity contribution < 1.29 is 21.7 Å². The Hall–Kier alpha value is -0.856. The molecule has 0 saturated carbocycles. The van der Waals surface area contributed by atoms with Crippen LogP contribution in [0.3, 0.4) is 0 Å². The number of H-pyrrole nitrogens is 2. The van der Waals surface area contributed by atoms with Crippen molar-refractivity contribution >= 4 is 0 Å². The van der Waals surface area contributed by atoms with Gasteiger partial charge in [-0.05, 0) is 12.4 Å². The number of aromatic amines is 2. The number of hydrogen-bond acceptors (Lipinski definition) is 0. The summed E-state index contributed by atoms with van der Waals surface area (Å²) in [5, 5.41) is 0. The third-order valence-electron chi connectivity index (χ3n) is 1.56. The smallest absolute Gasteiger partial charge is 0 e. The van der Waals surface area contributed by atoms with Crippen LogP contribution in [0.1, 0.15) is 11.4 Å². The molecule has 0 aliphatic carbocycles. The maximum atomic E-state index is 3.10. The fraction of sp³-hybridized carbons (Fsp3) is 0. The summed E-state index contributed by atoms with van der Waals surface area (Å²) < 4.78 is 0. The molecule has 2 heterocycles. The Morgan fingerprint density at radius 2 is 1.42 bits per heavy atom. The third-order valence-corrected chi connectivity index (χ3v) is 1.56. The first kappa shape index (κ1) is 9.23. The molecule has 3 heteroatoms. The predicted octanol–water partition coefficient (Wildman–Crippen LogP) is 1.94. The quantitative estimate of drug-likeness (QED) is 0.539. The van der Waals surface area contributed by atoms with Crippen molar-refractivity contribution in [3.63, 3.8) is 0 Å². The fourth-order valence-electron chi connectivity index (χ4n) is 1.04. The molecule has 0 spiro atoms. The summed E-state index contributed by atoms with van der Waals surface area (Å²) in [6.07, 6.45) is 5.88. The van der Waals surface area contributed by atoms with Crippen LogP contribution in [-0.2, 0) is 21.7 Å². The second-order valence-corrected chi connectivity index (χ2v) is 2.40. The molecule has 0 aromatic carbocycles. The maximum absolute atomic E-state index is 3.10. The van der Waals surface area contributed by atoms with Gasteiger partial charge in [-0.1, -0.05) is 23.5 Å². The van der Waals surface area contributed by atoms with E-state index in [1.165, 1.54) is 0 Å². The number of hydrogen-bond donors (Lipinski definition) is 2. The van der Waals surface area contributed by atoms with Gasteiger partial charge >= 0.3 is 0 Å². The zero-order valence-corrected chi connectivity index (χ0v) is 8.10. The largest absolute Gasteiger partial charge is 0.385 e. The van der Waals surface area contributed by atoms with Crippen LogP contribution >= 0.6 is 0 Å². The molecule has 0 amide bonds. The van der Waals surface area contributed by atoms with E-state index < -0.39 is 0 Å². The van der Waals surface area contributed by atoms with Gasteiger partial charge in [0.2, 0.25) is 0 Å². The molecule has 0 fully saturated rings. The van der Waals surface area contributed by atoms with Crippen LogP contribution in [0.15, 0.2) is 36.7 Å².